The van der Waals surface area contributed by atoms with Gasteiger partial charge in [-0.25, -0.2) is 4.79 Å². The van der Waals surface area contributed by atoms with E-state index in [4.69, 9.17) is 5.11 Å². The molecule has 1 unspecified atom stereocenters. The summed E-state index contributed by atoms with van der Waals surface area (Å²) < 4.78 is 37.3. The van der Waals surface area contributed by atoms with Gasteiger partial charge in [0.15, 0.2) is 0 Å². The summed E-state index contributed by atoms with van der Waals surface area (Å²) >= 11 is 0. The van der Waals surface area contributed by atoms with Gasteiger partial charge in [0.25, 0.3) is 0 Å². The van der Waals surface area contributed by atoms with Crippen LogP contribution in [-0.2, 0) is 4.79 Å². The molecule has 9 heteroatoms. The van der Waals surface area contributed by atoms with Crippen LogP contribution in [0.1, 0.15) is 50.4 Å². The normalized spacial score (nSPS) is 17.8. The Morgan fingerprint density at radius 2 is 1.55 bits per heavy atom. The fourth-order valence-electron chi connectivity index (χ4n) is 3.54. The number of halogens is 3. The lowest BCUT2D eigenvalue weighted by molar-refractivity contribution is -0.174. The number of hydrogen-bond acceptors (Lipinski definition) is 3. The molecule has 0 bridgehead atoms. The molecule has 1 aromatic carbocycles. The number of nitrogens with zero attached hydrogens (tertiary/aromatic N) is 2. The second-order valence-electron chi connectivity index (χ2n) is 7.81. The molecule has 1 aromatic rings. The fraction of sp³-hybridized carbons (Fsp3) is 0.600. The number of amides is 2. The van der Waals surface area contributed by atoms with E-state index in [1.54, 1.807) is 12.1 Å². The molecule has 1 aliphatic rings. The van der Waals surface area contributed by atoms with E-state index in [2.05, 4.69) is 18.7 Å². The van der Waals surface area contributed by atoms with Crippen molar-refractivity contribution in [3.63, 3.8) is 0 Å². The van der Waals surface area contributed by atoms with E-state index in [0.29, 0.717) is 37.7 Å². The molecule has 0 spiro atoms. The van der Waals surface area contributed by atoms with Crippen molar-refractivity contribution in [1.29, 1.82) is 0 Å². The highest BCUT2D eigenvalue weighted by atomic mass is 19.4. The van der Waals surface area contributed by atoms with Gasteiger partial charge in [-0.2, -0.15) is 13.2 Å². The van der Waals surface area contributed by atoms with Crippen LogP contribution in [0.15, 0.2) is 24.3 Å². The number of carbonyl (C=O) groups excluding carboxylic acids is 1. The molecule has 1 saturated heterocycles. The van der Waals surface area contributed by atoms with Crippen LogP contribution >= 0.6 is 0 Å². The monoisotopic (exact) mass is 415 g/mol. The van der Waals surface area contributed by atoms with Gasteiger partial charge in [0, 0.05) is 32.2 Å². The van der Waals surface area contributed by atoms with E-state index < -0.39 is 24.2 Å². The lowest BCUT2D eigenvalue weighted by Crippen LogP contribution is -2.49. The topological polar surface area (TPSA) is 72.9 Å². The predicted molar refractivity (Wildman–Crippen MR) is 102 cm³/mol. The largest absolute Gasteiger partial charge is 0.471 e. The molecule has 0 aromatic heterocycles. The van der Waals surface area contributed by atoms with Crippen molar-refractivity contribution < 1.29 is 27.9 Å². The maximum Gasteiger partial charge on any atom is 0.471 e. The maximum absolute atomic E-state index is 12.4. The van der Waals surface area contributed by atoms with E-state index in [0.717, 1.165) is 12.0 Å². The van der Waals surface area contributed by atoms with E-state index in [1.807, 2.05) is 17.4 Å². The SMILES string of the molecule is CC(C)CC(c1ccc([C@H](C)NC(=O)C(F)(F)F)cc1)N1CCN(C(=O)O)CC1. The number of alkyl halides is 3. The van der Waals surface area contributed by atoms with Gasteiger partial charge in [0.1, 0.15) is 0 Å². The third-order valence-corrected chi connectivity index (χ3v) is 5.15. The van der Waals surface area contributed by atoms with Gasteiger partial charge >= 0.3 is 18.2 Å². The molecule has 0 aliphatic carbocycles. The Kier molecular flexibility index (Phi) is 7.51. The summed E-state index contributed by atoms with van der Waals surface area (Å²) in [5.74, 6) is -1.54. The van der Waals surface area contributed by atoms with Crippen molar-refractivity contribution >= 4 is 12.0 Å². The van der Waals surface area contributed by atoms with Crippen LogP contribution in [-0.4, -0.2) is 59.3 Å². The molecule has 6 nitrogen and oxygen atoms in total. The van der Waals surface area contributed by atoms with Crippen molar-refractivity contribution in [3.8, 4) is 0 Å². The van der Waals surface area contributed by atoms with Crippen molar-refractivity contribution in [1.82, 2.24) is 15.1 Å². The Morgan fingerprint density at radius 1 is 1.03 bits per heavy atom. The van der Waals surface area contributed by atoms with Crippen LogP contribution in [0.4, 0.5) is 18.0 Å². The molecule has 2 rings (SSSR count). The zero-order chi connectivity index (χ0) is 21.8. The third-order valence-electron chi connectivity index (χ3n) is 5.15. The molecule has 0 saturated carbocycles. The molecule has 162 valence electrons. The summed E-state index contributed by atoms with van der Waals surface area (Å²) in [4.78, 5) is 25.9. The highest BCUT2D eigenvalue weighted by Gasteiger charge is 2.39. The molecular formula is C20H28F3N3O3. The standard InChI is InChI=1S/C20H28F3N3O3/c1-13(2)12-17(25-8-10-26(11-9-25)19(28)29)16-6-4-15(5-7-16)14(3)24-18(27)20(21,22)23/h4-7,13-14,17H,8-12H2,1-3H3,(H,24,27)(H,28,29)/t14-,17?/m0/s1. The first-order valence-corrected chi connectivity index (χ1v) is 9.68. The summed E-state index contributed by atoms with van der Waals surface area (Å²) in [6.45, 7) is 7.89. The summed E-state index contributed by atoms with van der Waals surface area (Å²) in [6.07, 6.45) is -4.94. The average Bonchev–Trinajstić information content (AvgIpc) is 2.65. The van der Waals surface area contributed by atoms with Crippen LogP contribution in [0.2, 0.25) is 0 Å². The maximum atomic E-state index is 12.4. The van der Waals surface area contributed by atoms with Gasteiger partial charge in [0.05, 0.1) is 6.04 Å². The number of piperazine rings is 1. The Bertz CT molecular complexity index is 699. The summed E-state index contributed by atoms with van der Waals surface area (Å²) in [5, 5.41) is 11.1. The van der Waals surface area contributed by atoms with Crippen molar-refractivity contribution in [2.75, 3.05) is 26.2 Å². The number of carbonyl (C=O) groups is 2. The number of rotatable bonds is 6. The Morgan fingerprint density at radius 3 is 2.00 bits per heavy atom. The van der Waals surface area contributed by atoms with Gasteiger partial charge in [-0.05, 0) is 30.4 Å². The average molecular weight is 415 g/mol. The van der Waals surface area contributed by atoms with Crippen LogP contribution in [0, 0.1) is 5.92 Å². The fourth-order valence-corrected chi connectivity index (χ4v) is 3.54. The van der Waals surface area contributed by atoms with E-state index >= 15 is 0 Å². The Hall–Kier alpha value is -2.29. The van der Waals surface area contributed by atoms with Crippen LogP contribution < -0.4 is 5.32 Å². The Labute approximate surface area is 168 Å². The zero-order valence-corrected chi connectivity index (χ0v) is 16.9. The third kappa shape index (κ3) is 6.35. The molecule has 2 atom stereocenters. The van der Waals surface area contributed by atoms with Crippen LogP contribution in [0.5, 0.6) is 0 Å². The van der Waals surface area contributed by atoms with Crippen molar-refractivity contribution in [3.05, 3.63) is 35.4 Å². The van der Waals surface area contributed by atoms with E-state index in [1.165, 1.54) is 11.8 Å². The minimum Gasteiger partial charge on any atom is -0.465 e. The second kappa shape index (κ2) is 9.47. The van der Waals surface area contributed by atoms with Crippen LogP contribution in [0.3, 0.4) is 0 Å². The number of nitrogens with one attached hydrogen (secondary N) is 1. The minimum atomic E-state index is -4.91. The quantitative estimate of drug-likeness (QED) is 0.741. The molecule has 2 N–H and O–H groups in total. The second-order valence-corrected chi connectivity index (χ2v) is 7.81. The van der Waals surface area contributed by atoms with Crippen molar-refractivity contribution in [2.24, 2.45) is 5.92 Å². The molecular weight excluding hydrogens is 387 g/mol. The molecule has 29 heavy (non-hydrogen) atoms. The van der Waals surface area contributed by atoms with Gasteiger partial charge in [0.2, 0.25) is 0 Å². The highest BCUT2D eigenvalue weighted by molar-refractivity contribution is 5.82. The predicted octanol–water partition coefficient (Wildman–Crippen LogP) is 3.81. The lowest BCUT2D eigenvalue weighted by Gasteiger charge is -2.39. The van der Waals surface area contributed by atoms with Gasteiger partial charge in [-0.1, -0.05) is 38.1 Å². The number of carboxylic acid groups (broad SMARTS) is 1. The van der Waals surface area contributed by atoms with Crippen LogP contribution in [0.25, 0.3) is 0 Å². The number of hydrogen-bond donors (Lipinski definition) is 2. The lowest BCUT2D eigenvalue weighted by atomic mass is 9.93. The molecule has 2 amide bonds. The zero-order valence-electron chi connectivity index (χ0n) is 16.9. The van der Waals surface area contributed by atoms with Gasteiger partial charge in [-0.3, -0.25) is 9.69 Å². The van der Waals surface area contributed by atoms with E-state index in [-0.39, 0.29) is 6.04 Å². The highest BCUT2D eigenvalue weighted by Crippen LogP contribution is 2.30. The van der Waals surface area contributed by atoms with Gasteiger partial charge in [-0.15, -0.1) is 0 Å². The first-order valence-electron chi connectivity index (χ1n) is 9.68. The smallest absolute Gasteiger partial charge is 0.465 e. The minimum absolute atomic E-state index is 0.0973. The van der Waals surface area contributed by atoms with E-state index in [9.17, 15) is 22.8 Å². The molecule has 1 fully saturated rings. The summed E-state index contributed by atoms with van der Waals surface area (Å²) in [6, 6.07) is 6.56. The summed E-state index contributed by atoms with van der Waals surface area (Å²) in [5.41, 5.74) is 1.62. The van der Waals surface area contributed by atoms with Crippen molar-refractivity contribution in [2.45, 2.75) is 45.5 Å². The number of benzene rings is 1. The molecule has 0 radical (unpaired) electrons. The first-order chi connectivity index (χ1) is 13.5. The molecule has 1 heterocycles. The first kappa shape index (κ1) is 23.0. The Balaban J connectivity index is 2.10. The van der Waals surface area contributed by atoms with Gasteiger partial charge < -0.3 is 15.3 Å². The summed E-state index contributed by atoms with van der Waals surface area (Å²) in [7, 11) is 0. The molecule has 1 aliphatic heterocycles.